The summed E-state index contributed by atoms with van der Waals surface area (Å²) in [6.07, 6.45) is 0. The number of carbonyl (C=O) groups excluding carboxylic acids is 1. The molecule has 0 spiro atoms. The van der Waals surface area contributed by atoms with E-state index < -0.39 is 0 Å². The highest BCUT2D eigenvalue weighted by atomic mass is 16.5. The van der Waals surface area contributed by atoms with E-state index in [9.17, 15) is 4.79 Å². The van der Waals surface area contributed by atoms with E-state index in [2.05, 4.69) is 24.1 Å². The van der Waals surface area contributed by atoms with Gasteiger partial charge in [0.15, 0.2) is 0 Å². The lowest BCUT2D eigenvalue weighted by Gasteiger charge is -2.44. The number of benzene rings is 1. The number of ether oxygens (including phenoxy) is 1. The standard InChI is InChI=1S/C14H21N3O2/c1-14(2)9-19-7-6-17(14)12-8-10(13(18)16-3)4-5-11(12)15/h4-5,8H,6-7,9,15H2,1-3H3,(H,16,18). The van der Waals surface area contributed by atoms with Gasteiger partial charge in [0.25, 0.3) is 5.91 Å². The summed E-state index contributed by atoms with van der Waals surface area (Å²) in [5.41, 5.74) is 8.14. The molecule has 1 aromatic carbocycles. The van der Waals surface area contributed by atoms with E-state index in [4.69, 9.17) is 10.5 Å². The zero-order chi connectivity index (χ0) is 14.0. The molecule has 1 aliphatic rings. The molecule has 104 valence electrons. The first-order valence-corrected chi connectivity index (χ1v) is 6.43. The van der Waals surface area contributed by atoms with Crippen molar-refractivity contribution in [3.8, 4) is 0 Å². The zero-order valence-corrected chi connectivity index (χ0v) is 11.7. The van der Waals surface area contributed by atoms with Crippen LogP contribution in [0.1, 0.15) is 24.2 Å². The Labute approximate surface area is 113 Å². The van der Waals surface area contributed by atoms with Crippen LogP contribution in [0.15, 0.2) is 18.2 Å². The van der Waals surface area contributed by atoms with Crippen molar-refractivity contribution in [2.45, 2.75) is 19.4 Å². The Balaban J connectivity index is 2.40. The number of nitrogens with one attached hydrogen (secondary N) is 1. The van der Waals surface area contributed by atoms with E-state index in [1.165, 1.54) is 0 Å². The fraction of sp³-hybridized carbons (Fsp3) is 0.500. The highest BCUT2D eigenvalue weighted by molar-refractivity contribution is 5.96. The number of amides is 1. The Morgan fingerprint density at radius 1 is 1.47 bits per heavy atom. The number of rotatable bonds is 2. The summed E-state index contributed by atoms with van der Waals surface area (Å²) in [5.74, 6) is -0.104. The maximum absolute atomic E-state index is 11.7. The quantitative estimate of drug-likeness (QED) is 0.788. The molecule has 0 saturated carbocycles. The molecule has 0 unspecified atom stereocenters. The molecule has 0 radical (unpaired) electrons. The molecule has 0 atom stereocenters. The summed E-state index contributed by atoms with van der Waals surface area (Å²) in [6, 6.07) is 5.37. The van der Waals surface area contributed by atoms with Gasteiger partial charge in [-0.05, 0) is 32.0 Å². The minimum atomic E-state index is -0.131. The number of hydrogen-bond donors (Lipinski definition) is 2. The first-order valence-electron chi connectivity index (χ1n) is 6.43. The molecule has 19 heavy (non-hydrogen) atoms. The first-order chi connectivity index (χ1) is 8.95. The van der Waals surface area contributed by atoms with Crippen LogP contribution in [0.5, 0.6) is 0 Å². The molecule has 1 heterocycles. The normalized spacial score (nSPS) is 18.2. The number of nitrogens with two attached hydrogens (primary N) is 1. The minimum Gasteiger partial charge on any atom is -0.397 e. The molecular formula is C14H21N3O2. The molecule has 0 bridgehead atoms. The van der Waals surface area contributed by atoms with Crippen LogP contribution in [0, 0.1) is 0 Å². The van der Waals surface area contributed by atoms with Crippen LogP contribution >= 0.6 is 0 Å². The van der Waals surface area contributed by atoms with Gasteiger partial charge in [0.05, 0.1) is 30.1 Å². The number of nitrogens with zero attached hydrogens (tertiary/aromatic N) is 1. The van der Waals surface area contributed by atoms with E-state index in [1.54, 1.807) is 19.2 Å². The number of carbonyl (C=O) groups is 1. The predicted octanol–water partition coefficient (Wildman–Crippen LogP) is 1.24. The molecule has 1 aliphatic heterocycles. The Morgan fingerprint density at radius 3 is 2.84 bits per heavy atom. The lowest BCUT2D eigenvalue weighted by atomic mass is 10.00. The third-order valence-electron chi connectivity index (χ3n) is 3.46. The van der Waals surface area contributed by atoms with Crippen molar-refractivity contribution in [1.82, 2.24) is 5.32 Å². The van der Waals surface area contributed by atoms with Crippen LogP contribution in [0.2, 0.25) is 0 Å². The number of morpholine rings is 1. The molecule has 1 fully saturated rings. The Morgan fingerprint density at radius 2 is 2.21 bits per heavy atom. The highest BCUT2D eigenvalue weighted by Gasteiger charge is 2.32. The Kier molecular flexibility index (Phi) is 3.66. The molecule has 3 N–H and O–H groups in total. The van der Waals surface area contributed by atoms with Gasteiger partial charge in [-0.15, -0.1) is 0 Å². The van der Waals surface area contributed by atoms with E-state index in [1.807, 2.05) is 6.07 Å². The predicted molar refractivity (Wildman–Crippen MR) is 76.5 cm³/mol. The SMILES string of the molecule is CNC(=O)c1ccc(N)c(N2CCOCC2(C)C)c1. The highest BCUT2D eigenvalue weighted by Crippen LogP contribution is 2.32. The second-order valence-corrected chi connectivity index (χ2v) is 5.37. The van der Waals surface area contributed by atoms with Crippen LogP contribution in [-0.4, -0.2) is 38.3 Å². The van der Waals surface area contributed by atoms with Gasteiger partial charge in [0.2, 0.25) is 0 Å². The maximum Gasteiger partial charge on any atom is 0.251 e. The van der Waals surface area contributed by atoms with Crippen molar-refractivity contribution in [1.29, 1.82) is 0 Å². The monoisotopic (exact) mass is 263 g/mol. The van der Waals surface area contributed by atoms with Crippen molar-refractivity contribution < 1.29 is 9.53 Å². The van der Waals surface area contributed by atoms with Crippen LogP contribution in [0.4, 0.5) is 11.4 Å². The summed E-state index contributed by atoms with van der Waals surface area (Å²) in [4.78, 5) is 13.9. The minimum absolute atomic E-state index is 0.104. The van der Waals surface area contributed by atoms with Gasteiger partial charge in [-0.25, -0.2) is 0 Å². The van der Waals surface area contributed by atoms with Crippen LogP contribution in [-0.2, 0) is 4.74 Å². The van der Waals surface area contributed by atoms with Crippen LogP contribution in [0.25, 0.3) is 0 Å². The average Bonchev–Trinajstić information content (AvgIpc) is 2.38. The molecule has 1 saturated heterocycles. The maximum atomic E-state index is 11.7. The van der Waals surface area contributed by atoms with E-state index >= 15 is 0 Å². The summed E-state index contributed by atoms with van der Waals surface area (Å²) >= 11 is 0. The van der Waals surface area contributed by atoms with Crippen molar-refractivity contribution in [3.05, 3.63) is 23.8 Å². The second kappa shape index (κ2) is 5.09. The number of nitrogen functional groups attached to an aromatic ring is 1. The molecule has 2 rings (SSSR count). The van der Waals surface area contributed by atoms with Gasteiger partial charge in [-0.3, -0.25) is 4.79 Å². The first kappa shape index (κ1) is 13.7. The smallest absolute Gasteiger partial charge is 0.251 e. The van der Waals surface area contributed by atoms with E-state index in [0.29, 0.717) is 24.5 Å². The third kappa shape index (κ3) is 2.66. The lowest BCUT2D eigenvalue weighted by molar-refractivity contribution is 0.0645. The topological polar surface area (TPSA) is 67.6 Å². The zero-order valence-electron chi connectivity index (χ0n) is 11.7. The Bertz CT molecular complexity index is 486. The number of hydrogen-bond acceptors (Lipinski definition) is 4. The van der Waals surface area contributed by atoms with Gasteiger partial charge in [0.1, 0.15) is 0 Å². The third-order valence-corrected chi connectivity index (χ3v) is 3.46. The van der Waals surface area contributed by atoms with E-state index in [0.717, 1.165) is 12.2 Å². The molecule has 0 aromatic heterocycles. The van der Waals surface area contributed by atoms with Gasteiger partial charge < -0.3 is 20.7 Å². The number of anilines is 2. The largest absolute Gasteiger partial charge is 0.397 e. The van der Waals surface area contributed by atoms with Gasteiger partial charge in [-0.2, -0.15) is 0 Å². The van der Waals surface area contributed by atoms with Gasteiger partial charge >= 0.3 is 0 Å². The summed E-state index contributed by atoms with van der Waals surface area (Å²) in [7, 11) is 1.62. The van der Waals surface area contributed by atoms with Crippen LogP contribution in [0.3, 0.4) is 0 Å². The second-order valence-electron chi connectivity index (χ2n) is 5.37. The van der Waals surface area contributed by atoms with Crippen molar-refractivity contribution in [3.63, 3.8) is 0 Å². The Hall–Kier alpha value is -1.75. The molecule has 0 aliphatic carbocycles. The summed E-state index contributed by atoms with van der Waals surface area (Å²) < 4.78 is 5.51. The summed E-state index contributed by atoms with van der Waals surface area (Å²) in [6.45, 7) is 6.31. The molecule has 1 aromatic rings. The van der Waals surface area contributed by atoms with Gasteiger partial charge in [0, 0.05) is 19.2 Å². The van der Waals surface area contributed by atoms with Crippen molar-refractivity contribution >= 4 is 17.3 Å². The molecule has 5 heteroatoms. The molecule has 5 nitrogen and oxygen atoms in total. The van der Waals surface area contributed by atoms with E-state index in [-0.39, 0.29) is 11.4 Å². The fourth-order valence-electron chi connectivity index (χ4n) is 2.37. The fourth-order valence-corrected chi connectivity index (χ4v) is 2.37. The summed E-state index contributed by atoms with van der Waals surface area (Å²) in [5, 5.41) is 2.63. The molecule has 1 amide bonds. The molecular weight excluding hydrogens is 242 g/mol. The van der Waals surface area contributed by atoms with Crippen molar-refractivity contribution in [2.24, 2.45) is 0 Å². The van der Waals surface area contributed by atoms with Crippen molar-refractivity contribution in [2.75, 3.05) is 37.4 Å². The van der Waals surface area contributed by atoms with Crippen LogP contribution < -0.4 is 16.0 Å². The lowest BCUT2D eigenvalue weighted by Crippen LogP contribution is -2.53. The van der Waals surface area contributed by atoms with Gasteiger partial charge in [-0.1, -0.05) is 0 Å². The average molecular weight is 263 g/mol.